The van der Waals surface area contributed by atoms with Crippen molar-refractivity contribution in [2.24, 2.45) is 0 Å². The Morgan fingerprint density at radius 3 is 2.88 bits per heavy atom. The van der Waals surface area contributed by atoms with Gasteiger partial charge in [0.1, 0.15) is 23.6 Å². The number of anilines is 2. The van der Waals surface area contributed by atoms with Crippen LogP contribution in [0.4, 0.5) is 20.4 Å². The van der Waals surface area contributed by atoms with E-state index in [0.717, 1.165) is 47.9 Å². The van der Waals surface area contributed by atoms with Crippen LogP contribution in [-0.4, -0.2) is 70.7 Å². The van der Waals surface area contributed by atoms with Gasteiger partial charge in [-0.1, -0.05) is 12.1 Å². The SMILES string of the molecule is COC(=O)c1cccc(CN2CCC(Nc3cnc4ccc(N5CC(F)CC5c5cc(F)cc(SC)c5)nn34)C2)c1. The number of methoxy groups -OCH3 is 1. The first-order chi connectivity index (χ1) is 19.9. The Bertz CT molecular complexity index is 1570. The molecule has 1 N–H and O–H groups in total. The molecular formula is C30H32F2N6O2S. The Morgan fingerprint density at radius 1 is 1.17 bits per heavy atom. The van der Waals surface area contributed by atoms with Crippen LogP contribution in [0.2, 0.25) is 0 Å². The number of fused-ring (bicyclic) bond motifs is 1. The summed E-state index contributed by atoms with van der Waals surface area (Å²) >= 11 is 1.47. The Hall–Kier alpha value is -3.70. The predicted molar refractivity (Wildman–Crippen MR) is 156 cm³/mol. The summed E-state index contributed by atoms with van der Waals surface area (Å²) in [7, 11) is 1.39. The molecule has 2 aliphatic rings. The van der Waals surface area contributed by atoms with E-state index in [0.29, 0.717) is 17.0 Å². The minimum Gasteiger partial charge on any atom is -0.465 e. The van der Waals surface area contributed by atoms with Crippen LogP contribution in [0.3, 0.4) is 0 Å². The molecule has 3 atom stereocenters. The fourth-order valence-corrected chi connectivity index (χ4v) is 6.32. The van der Waals surface area contributed by atoms with Crippen molar-refractivity contribution in [2.75, 3.05) is 43.2 Å². The minimum atomic E-state index is -1.03. The molecule has 0 saturated carbocycles. The lowest BCUT2D eigenvalue weighted by Gasteiger charge is -2.26. The number of ether oxygens (including phenoxy) is 1. The van der Waals surface area contributed by atoms with Gasteiger partial charge in [-0.3, -0.25) is 4.90 Å². The molecule has 0 amide bonds. The summed E-state index contributed by atoms with van der Waals surface area (Å²) in [4.78, 5) is 21.5. The highest BCUT2D eigenvalue weighted by Crippen LogP contribution is 2.38. The van der Waals surface area contributed by atoms with Crippen LogP contribution in [0.15, 0.2) is 65.7 Å². The Morgan fingerprint density at radius 2 is 2.05 bits per heavy atom. The van der Waals surface area contributed by atoms with E-state index in [1.165, 1.54) is 31.0 Å². The second kappa shape index (κ2) is 11.7. The number of rotatable bonds is 8. The lowest BCUT2D eigenvalue weighted by Crippen LogP contribution is -2.27. The zero-order chi connectivity index (χ0) is 28.5. The number of carbonyl (C=O) groups excluding carboxylic acids is 1. The molecule has 0 spiro atoms. The molecule has 4 heterocycles. The molecule has 2 aromatic carbocycles. The topological polar surface area (TPSA) is 75.0 Å². The van der Waals surface area contributed by atoms with Crippen molar-refractivity contribution < 1.29 is 18.3 Å². The predicted octanol–water partition coefficient (Wildman–Crippen LogP) is 5.35. The highest BCUT2D eigenvalue weighted by Gasteiger charge is 2.35. The zero-order valence-electron chi connectivity index (χ0n) is 23.0. The molecule has 214 valence electrons. The van der Waals surface area contributed by atoms with E-state index in [1.807, 2.05) is 47.6 Å². The zero-order valence-corrected chi connectivity index (χ0v) is 23.8. The number of hydrogen-bond acceptors (Lipinski definition) is 8. The summed E-state index contributed by atoms with van der Waals surface area (Å²) in [6.45, 7) is 2.66. The van der Waals surface area contributed by atoms with Crippen molar-refractivity contribution >= 4 is 35.0 Å². The van der Waals surface area contributed by atoms with Crippen molar-refractivity contribution in [3.8, 4) is 0 Å². The van der Waals surface area contributed by atoms with Crippen molar-refractivity contribution in [2.45, 2.75) is 42.5 Å². The first-order valence-electron chi connectivity index (χ1n) is 13.7. The van der Waals surface area contributed by atoms with Gasteiger partial charge in [-0.2, -0.15) is 4.52 Å². The maximum absolute atomic E-state index is 14.7. The monoisotopic (exact) mass is 578 g/mol. The molecule has 11 heteroatoms. The van der Waals surface area contributed by atoms with Crippen molar-refractivity contribution in [3.05, 3.63) is 83.3 Å². The van der Waals surface area contributed by atoms with E-state index < -0.39 is 6.17 Å². The summed E-state index contributed by atoms with van der Waals surface area (Å²) in [5, 5.41) is 8.44. The Labute approximate surface area is 241 Å². The average molecular weight is 579 g/mol. The second-order valence-corrected chi connectivity index (χ2v) is 11.5. The molecule has 2 aromatic heterocycles. The van der Waals surface area contributed by atoms with E-state index in [4.69, 9.17) is 9.84 Å². The summed E-state index contributed by atoms with van der Waals surface area (Å²) in [6.07, 6.45) is 3.87. The lowest BCUT2D eigenvalue weighted by molar-refractivity contribution is 0.0600. The minimum absolute atomic E-state index is 0.191. The molecular weight excluding hydrogens is 546 g/mol. The smallest absolute Gasteiger partial charge is 0.337 e. The van der Waals surface area contributed by atoms with Gasteiger partial charge in [0.05, 0.1) is 31.5 Å². The molecule has 4 aromatic rings. The van der Waals surface area contributed by atoms with E-state index in [1.54, 1.807) is 16.8 Å². The second-order valence-electron chi connectivity index (χ2n) is 10.6. The summed E-state index contributed by atoms with van der Waals surface area (Å²) in [5.41, 5.74) is 3.05. The number of nitrogens with one attached hydrogen (secondary N) is 1. The Kier molecular flexibility index (Phi) is 7.81. The molecule has 41 heavy (non-hydrogen) atoms. The maximum atomic E-state index is 14.7. The molecule has 2 saturated heterocycles. The number of thioether (sulfide) groups is 1. The normalized spacial score (nSPS) is 21.1. The fraction of sp³-hybridized carbons (Fsp3) is 0.367. The van der Waals surface area contributed by atoms with Crippen LogP contribution in [-0.2, 0) is 11.3 Å². The van der Waals surface area contributed by atoms with Gasteiger partial charge < -0.3 is 15.0 Å². The maximum Gasteiger partial charge on any atom is 0.337 e. The molecule has 0 aliphatic carbocycles. The molecule has 2 fully saturated rings. The number of alkyl halides is 1. The van der Waals surface area contributed by atoms with Gasteiger partial charge in [-0.05, 0) is 66.3 Å². The quantitative estimate of drug-likeness (QED) is 0.222. The number of hydrogen-bond donors (Lipinski definition) is 1. The number of halogens is 2. The average Bonchev–Trinajstić information content (AvgIpc) is 3.71. The number of benzene rings is 2. The number of esters is 1. The third-order valence-corrected chi connectivity index (χ3v) is 8.49. The summed E-state index contributed by atoms with van der Waals surface area (Å²) in [6, 6.07) is 16.1. The van der Waals surface area contributed by atoms with E-state index >= 15 is 0 Å². The summed E-state index contributed by atoms with van der Waals surface area (Å²) < 4.78 is 35.7. The Balaban J connectivity index is 1.17. The van der Waals surface area contributed by atoms with Gasteiger partial charge in [-0.25, -0.2) is 18.6 Å². The third kappa shape index (κ3) is 5.87. The van der Waals surface area contributed by atoms with Gasteiger partial charge >= 0.3 is 5.97 Å². The number of likely N-dealkylation sites (tertiary alicyclic amines) is 1. The van der Waals surface area contributed by atoms with Crippen molar-refractivity contribution in [1.29, 1.82) is 0 Å². The van der Waals surface area contributed by atoms with E-state index in [9.17, 15) is 13.6 Å². The number of aromatic nitrogens is 3. The first kappa shape index (κ1) is 27.5. The molecule has 0 bridgehead atoms. The van der Waals surface area contributed by atoms with Gasteiger partial charge in [0.2, 0.25) is 0 Å². The van der Waals surface area contributed by atoms with Crippen LogP contribution in [0.1, 0.15) is 40.4 Å². The highest BCUT2D eigenvalue weighted by molar-refractivity contribution is 7.98. The number of imidazole rings is 1. The van der Waals surface area contributed by atoms with Crippen molar-refractivity contribution in [3.63, 3.8) is 0 Å². The first-order valence-corrected chi connectivity index (χ1v) is 14.9. The lowest BCUT2D eigenvalue weighted by atomic mass is 10.0. The molecule has 6 rings (SSSR count). The fourth-order valence-electron chi connectivity index (χ4n) is 5.84. The standard InChI is InChI=1S/C30H32F2N6O2S/c1-40-30(39)20-5-3-4-19(10-20)16-36-9-8-24(18-36)34-29-15-33-27-6-7-28(35-38(27)29)37-17-23(32)14-26(37)21-11-22(31)13-25(12-21)41-2/h3-7,10-13,15,23-24,26,34H,8-9,14,16-18H2,1-2H3. The van der Waals surface area contributed by atoms with E-state index in [-0.39, 0.29) is 36.8 Å². The van der Waals surface area contributed by atoms with Gasteiger partial charge in [0.25, 0.3) is 0 Å². The van der Waals surface area contributed by atoms with Crippen LogP contribution in [0, 0.1) is 5.82 Å². The largest absolute Gasteiger partial charge is 0.465 e. The van der Waals surface area contributed by atoms with Crippen LogP contribution in [0.5, 0.6) is 0 Å². The van der Waals surface area contributed by atoms with Crippen LogP contribution in [0.25, 0.3) is 5.65 Å². The number of nitrogens with zero attached hydrogens (tertiary/aromatic N) is 5. The van der Waals surface area contributed by atoms with Crippen molar-refractivity contribution in [1.82, 2.24) is 19.5 Å². The molecule has 3 unspecified atom stereocenters. The van der Waals surface area contributed by atoms with Crippen LogP contribution < -0.4 is 10.2 Å². The molecule has 2 aliphatic heterocycles. The summed E-state index contributed by atoms with van der Waals surface area (Å²) in [5.74, 6) is 0.733. The molecule has 0 radical (unpaired) electrons. The van der Waals surface area contributed by atoms with Crippen LogP contribution >= 0.6 is 11.8 Å². The molecule has 8 nitrogen and oxygen atoms in total. The third-order valence-electron chi connectivity index (χ3n) is 7.79. The number of carbonyl (C=O) groups is 1. The van der Waals surface area contributed by atoms with E-state index in [2.05, 4.69) is 15.2 Å². The van der Waals surface area contributed by atoms with Gasteiger partial charge in [0.15, 0.2) is 5.65 Å². The van der Waals surface area contributed by atoms with Gasteiger partial charge in [0, 0.05) is 37.0 Å². The van der Waals surface area contributed by atoms with Gasteiger partial charge in [-0.15, -0.1) is 16.9 Å². The highest BCUT2D eigenvalue weighted by atomic mass is 32.2.